The molecule has 106 valence electrons. The Morgan fingerprint density at radius 2 is 2.05 bits per heavy atom. The van der Waals surface area contributed by atoms with Crippen LogP contribution in [0.4, 0.5) is 8.78 Å². The molecule has 0 saturated heterocycles. The topological polar surface area (TPSA) is 57.7 Å². The second kappa shape index (κ2) is 6.86. The molecule has 0 amide bonds. The zero-order valence-electron chi connectivity index (χ0n) is 10.9. The SMILES string of the molecule is CCOC(=O)Cc1nc(C(F)F)cc(OC)c1OC. The lowest BCUT2D eigenvalue weighted by Crippen LogP contribution is -2.11. The Balaban J connectivity index is 3.18. The van der Waals surface area contributed by atoms with E-state index in [1.807, 2.05) is 0 Å². The van der Waals surface area contributed by atoms with Crippen LogP contribution in [-0.2, 0) is 16.0 Å². The Morgan fingerprint density at radius 3 is 2.53 bits per heavy atom. The van der Waals surface area contributed by atoms with Gasteiger partial charge in [0.15, 0.2) is 11.5 Å². The summed E-state index contributed by atoms with van der Waals surface area (Å²) in [7, 11) is 2.66. The fourth-order valence-electron chi connectivity index (χ4n) is 1.53. The Labute approximate surface area is 109 Å². The number of aromatic nitrogens is 1. The molecule has 0 atom stereocenters. The van der Waals surface area contributed by atoms with E-state index in [1.165, 1.54) is 14.2 Å². The molecule has 19 heavy (non-hydrogen) atoms. The maximum absolute atomic E-state index is 12.7. The van der Waals surface area contributed by atoms with E-state index in [-0.39, 0.29) is 30.2 Å². The van der Waals surface area contributed by atoms with Gasteiger partial charge >= 0.3 is 5.97 Å². The minimum atomic E-state index is -2.76. The predicted molar refractivity (Wildman–Crippen MR) is 62.6 cm³/mol. The third-order valence-corrected chi connectivity index (χ3v) is 2.29. The monoisotopic (exact) mass is 275 g/mol. The number of esters is 1. The van der Waals surface area contributed by atoms with Gasteiger partial charge < -0.3 is 14.2 Å². The van der Waals surface area contributed by atoms with Crippen LogP contribution >= 0.6 is 0 Å². The Kier molecular flexibility index (Phi) is 5.47. The number of carbonyl (C=O) groups is 1. The number of alkyl halides is 2. The number of pyridine rings is 1. The smallest absolute Gasteiger partial charge is 0.312 e. The molecule has 0 aliphatic carbocycles. The molecule has 0 bridgehead atoms. The summed E-state index contributed by atoms with van der Waals surface area (Å²) in [6.45, 7) is 1.85. The lowest BCUT2D eigenvalue weighted by Gasteiger charge is -2.13. The Morgan fingerprint density at radius 1 is 1.37 bits per heavy atom. The molecule has 1 aromatic rings. The van der Waals surface area contributed by atoms with Gasteiger partial charge in [-0.3, -0.25) is 4.79 Å². The predicted octanol–water partition coefficient (Wildman–Crippen LogP) is 2.14. The summed E-state index contributed by atoms with van der Waals surface area (Å²) in [6, 6.07) is 1.08. The number of rotatable bonds is 6. The van der Waals surface area contributed by atoms with Crippen molar-refractivity contribution in [3.8, 4) is 11.5 Å². The van der Waals surface area contributed by atoms with Gasteiger partial charge in [-0.1, -0.05) is 0 Å². The lowest BCUT2D eigenvalue weighted by molar-refractivity contribution is -0.142. The van der Waals surface area contributed by atoms with Crippen LogP contribution in [0.2, 0.25) is 0 Å². The van der Waals surface area contributed by atoms with Crippen molar-refractivity contribution in [1.29, 1.82) is 0 Å². The van der Waals surface area contributed by atoms with Gasteiger partial charge in [0.2, 0.25) is 0 Å². The maximum Gasteiger partial charge on any atom is 0.312 e. The normalized spacial score (nSPS) is 10.4. The van der Waals surface area contributed by atoms with Crippen molar-refractivity contribution < 1.29 is 27.8 Å². The lowest BCUT2D eigenvalue weighted by atomic mass is 10.2. The first-order valence-electron chi connectivity index (χ1n) is 5.59. The van der Waals surface area contributed by atoms with Crippen LogP contribution in [-0.4, -0.2) is 31.8 Å². The fraction of sp³-hybridized carbons (Fsp3) is 0.500. The quantitative estimate of drug-likeness (QED) is 0.744. The van der Waals surface area contributed by atoms with Crippen LogP contribution in [0, 0.1) is 0 Å². The first-order chi connectivity index (χ1) is 9.03. The fourth-order valence-corrected chi connectivity index (χ4v) is 1.53. The average molecular weight is 275 g/mol. The summed E-state index contributed by atoms with van der Waals surface area (Å²) in [5.74, 6) is -0.311. The zero-order chi connectivity index (χ0) is 14.4. The number of methoxy groups -OCH3 is 2. The second-order valence-electron chi connectivity index (χ2n) is 3.51. The number of hydrogen-bond acceptors (Lipinski definition) is 5. The van der Waals surface area contributed by atoms with E-state index in [4.69, 9.17) is 14.2 Å². The van der Waals surface area contributed by atoms with E-state index < -0.39 is 18.1 Å². The third-order valence-electron chi connectivity index (χ3n) is 2.29. The minimum absolute atomic E-state index is 0.0654. The Bertz CT molecular complexity index is 452. The summed E-state index contributed by atoms with van der Waals surface area (Å²) in [4.78, 5) is 15.1. The molecule has 0 radical (unpaired) electrons. The summed E-state index contributed by atoms with van der Waals surface area (Å²) in [6.07, 6.45) is -3.02. The van der Waals surface area contributed by atoms with E-state index in [0.29, 0.717) is 0 Å². The molecule has 0 N–H and O–H groups in total. The molecular weight excluding hydrogens is 260 g/mol. The number of hydrogen-bond donors (Lipinski definition) is 0. The first kappa shape index (κ1) is 15.1. The molecule has 0 aliphatic heterocycles. The van der Waals surface area contributed by atoms with E-state index in [1.54, 1.807) is 6.92 Å². The largest absolute Gasteiger partial charge is 0.493 e. The second-order valence-corrected chi connectivity index (χ2v) is 3.51. The molecular formula is C12H15F2NO4. The van der Waals surface area contributed by atoms with Gasteiger partial charge in [-0.25, -0.2) is 13.8 Å². The van der Waals surface area contributed by atoms with Crippen molar-refractivity contribution in [1.82, 2.24) is 4.98 Å². The number of carbonyl (C=O) groups excluding carboxylic acids is 1. The van der Waals surface area contributed by atoms with E-state index >= 15 is 0 Å². The van der Waals surface area contributed by atoms with E-state index in [2.05, 4.69) is 4.98 Å². The maximum atomic E-state index is 12.7. The number of ether oxygens (including phenoxy) is 3. The molecule has 1 aromatic heterocycles. The van der Waals surface area contributed by atoms with Crippen molar-refractivity contribution in [2.75, 3.05) is 20.8 Å². The highest BCUT2D eigenvalue weighted by molar-refractivity contribution is 5.73. The van der Waals surface area contributed by atoms with Crippen LogP contribution < -0.4 is 9.47 Å². The van der Waals surface area contributed by atoms with Crippen LogP contribution in [0.3, 0.4) is 0 Å². The van der Waals surface area contributed by atoms with Gasteiger partial charge in [0.05, 0.1) is 32.9 Å². The molecule has 0 saturated carbocycles. The highest BCUT2D eigenvalue weighted by atomic mass is 19.3. The van der Waals surface area contributed by atoms with Crippen molar-refractivity contribution in [3.63, 3.8) is 0 Å². The van der Waals surface area contributed by atoms with Crippen molar-refractivity contribution in [2.24, 2.45) is 0 Å². The number of nitrogens with zero attached hydrogens (tertiary/aromatic N) is 1. The van der Waals surface area contributed by atoms with E-state index in [0.717, 1.165) is 6.07 Å². The molecule has 0 unspecified atom stereocenters. The zero-order valence-corrected chi connectivity index (χ0v) is 10.9. The Hall–Kier alpha value is -1.92. The van der Waals surface area contributed by atoms with Crippen molar-refractivity contribution >= 4 is 5.97 Å². The van der Waals surface area contributed by atoms with Crippen LogP contribution in [0.1, 0.15) is 24.7 Å². The highest BCUT2D eigenvalue weighted by Crippen LogP contribution is 2.33. The van der Waals surface area contributed by atoms with Gasteiger partial charge in [-0.2, -0.15) is 0 Å². The van der Waals surface area contributed by atoms with Gasteiger partial charge in [-0.05, 0) is 6.92 Å². The summed E-state index contributed by atoms with van der Waals surface area (Å²) < 4.78 is 40.2. The highest BCUT2D eigenvalue weighted by Gasteiger charge is 2.21. The molecule has 1 heterocycles. The molecule has 7 heteroatoms. The van der Waals surface area contributed by atoms with Gasteiger partial charge in [0, 0.05) is 6.07 Å². The van der Waals surface area contributed by atoms with E-state index in [9.17, 15) is 13.6 Å². The number of halogens is 2. The van der Waals surface area contributed by atoms with Crippen LogP contribution in [0.25, 0.3) is 0 Å². The molecule has 0 spiro atoms. The minimum Gasteiger partial charge on any atom is -0.493 e. The van der Waals surface area contributed by atoms with Gasteiger partial charge in [-0.15, -0.1) is 0 Å². The van der Waals surface area contributed by atoms with Gasteiger partial charge in [0.1, 0.15) is 5.69 Å². The summed E-state index contributed by atoms with van der Waals surface area (Å²) in [5, 5.41) is 0. The van der Waals surface area contributed by atoms with Crippen molar-refractivity contribution in [3.05, 3.63) is 17.5 Å². The molecule has 0 aromatic carbocycles. The van der Waals surface area contributed by atoms with Crippen LogP contribution in [0.15, 0.2) is 6.07 Å². The molecule has 1 rings (SSSR count). The molecule has 0 fully saturated rings. The van der Waals surface area contributed by atoms with Gasteiger partial charge in [0.25, 0.3) is 6.43 Å². The van der Waals surface area contributed by atoms with Crippen LogP contribution in [0.5, 0.6) is 11.5 Å². The third kappa shape index (κ3) is 3.77. The first-order valence-corrected chi connectivity index (χ1v) is 5.59. The summed E-state index contributed by atoms with van der Waals surface area (Å²) in [5.41, 5.74) is -0.410. The molecule has 0 aliphatic rings. The summed E-state index contributed by atoms with van der Waals surface area (Å²) >= 11 is 0. The standard InChI is InChI=1S/C12H15F2NO4/c1-4-19-10(16)6-7-11(18-3)9(17-2)5-8(15-7)12(13)14/h5,12H,4,6H2,1-3H3. The molecule has 5 nitrogen and oxygen atoms in total. The van der Waals surface area contributed by atoms with Crippen molar-refractivity contribution in [2.45, 2.75) is 19.8 Å². The average Bonchev–Trinajstić information content (AvgIpc) is 2.37.